The van der Waals surface area contributed by atoms with Gasteiger partial charge in [-0.2, -0.15) is 0 Å². The van der Waals surface area contributed by atoms with Gasteiger partial charge >= 0.3 is 11.9 Å². The van der Waals surface area contributed by atoms with Gasteiger partial charge < -0.3 is 18.8 Å². The van der Waals surface area contributed by atoms with E-state index in [0.717, 1.165) is 11.1 Å². The first-order valence-electron chi connectivity index (χ1n) is 11.6. The molecule has 36 heavy (non-hydrogen) atoms. The Kier molecular flexibility index (Phi) is 7.79. The zero-order chi connectivity index (χ0) is 25.5. The average molecular weight is 491 g/mol. The van der Waals surface area contributed by atoms with E-state index in [1.165, 1.54) is 22.1 Å². The van der Waals surface area contributed by atoms with Crippen LogP contribution in [-0.2, 0) is 36.8 Å². The highest BCUT2D eigenvalue weighted by Crippen LogP contribution is 2.26. The molecule has 0 bridgehead atoms. The summed E-state index contributed by atoms with van der Waals surface area (Å²) in [5.41, 5.74) is 2.30. The van der Waals surface area contributed by atoms with Gasteiger partial charge in [0.2, 0.25) is 0 Å². The maximum Gasteiger partial charge on any atom is 0.329 e. The molecule has 186 valence electrons. The number of para-hydroxylation sites is 1. The number of hydrogen-bond donors (Lipinski definition) is 0. The molecular formula is C27H26N2O7. The summed E-state index contributed by atoms with van der Waals surface area (Å²) in [6, 6.07) is 18.3. The molecule has 2 aromatic carbocycles. The highest BCUT2D eigenvalue weighted by Gasteiger charge is 2.37. The summed E-state index contributed by atoms with van der Waals surface area (Å²) in [6.45, 7) is 1.12. The summed E-state index contributed by atoms with van der Waals surface area (Å²) in [5, 5.41) is 0. The van der Waals surface area contributed by atoms with Gasteiger partial charge in [-0.25, -0.2) is 4.79 Å². The van der Waals surface area contributed by atoms with Gasteiger partial charge in [-0.1, -0.05) is 42.5 Å². The van der Waals surface area contributed by atoms with Gasteiger partial charge in [0.05, 0.1) is 12.9 Å². The van der Waals surface area contributed by atoms with Crippen LogP contribution in [0.2, 0.25) is 0 Å². The molecule has 1 aliphatic rings. The smallest absolute Gasteiger partial charge is 0.329 e. The third-order valence-electron chi connectivity index (χ3n) is 5.81. The van der Waals surface area contributed by atoms with Gasteiger partial charge in [0, 0.05) is 18.7 Å². The zero-order valence-corrected chi connectivity index (χ0v) is 19.8. The van der Waals surface area contributed by atoms with E-state index < -0.39 is 36.4 Å². The number of furan rings is 1. The van der Waals surface area contributed by atoms with Crippen LogP contribution in [0.1, 0.15) is 28.6 Å². The minimum atomic E-state index is -0.944. The Bertz CT molecular complexity index is 1220. The number of benzene rings is 2. The molecular weight excluding hydrogens is 464 g/mol. The first kappa shape index (κ1) is 24.7. The highest BCUT2D eigenvalue weighted by molar-refractivity contribution is 6.00. The number of rotatable bonds is 8. The lowest BCUT2D eigenvalue weighted by Gasteiger charge is -2.35. The molecule has 0 saturated heterocycles. The van der Waals surface area contributed by atoms with Crippen molar-refractivity contribution in [3.05, 3.63) is 89.9 Å². The largest absolute Gasteiger partial charge is 0.465 e. The van der Waals surface area contributed by atoms with Crippen molar-refractivity contribution in [3.63, 3.8) is 0 Å². The molecule has 0 radical (unpaired) electrons. The van der Waals surface area contributed by atoms with Crippen LogP contribution in [0, 0.1) is 0 Å². The predicted octanol–water partition coefficient (Wildman–Crippen LogP) is 2.99. The molecule has 1 atom stereocenters. The Morgan fingerprint density at radius 2 is 1.67 bits per heavy atom. The van der Waals surface area contributed by atoms with E-state index in [0.29, 0.717) is 5.69 Å². The van der Waals surface area contributed by atoms with Crippen molar-refractivity contribution in [3.8, 4) is 0 Å². The SMILES string of the molecule is CCOC(=O)CN(C(=O)COC(=O)[C@@H]1Cc2ccccc2CN1C(=O)c1ccco1)c1ccccc1. The van der Waals surface area contributed by atoms with E-state index >= 15 is 0 Å². The molecule has 9 nitrogen and oxygen atoms in total. The average Bonchev–Trinajstić information content (AvgIpc) is 3.45. The lowest BCUT2D eigenvalue weighted by molar-refractivity contribution is -0.153. The first-order chi connectivity index (χ1) is 17.5. The van der Waals surface area contributed by atoms with Gasteiger partial charge in [0.1, 0.15) is 12.6 Å². The number of hydrogen-bond acceptors (Lipinski definition) is 7. The number of ether oxygens (including phenoxy) is 2. The number of nitrogens with zero attached hydrogens (tertiary/aromatic N) is 2. The topological polar surface area (TPSA) is 106 Å². The third kappa shape index (κ3) is 5.63. The Morgan fingerprint density at radius 1 is 0.944 bits per heavy atom. The maximum atomic E-state index is 13.2. The Hall–Kier alpha value is -4.40. The molecule has 9 heteroatoms. The fourth-order valence-electron chi connectivity index (χ4n) is 4.06. The second-order valence-electron chi connectivity index (χ2n) is 8.13. The Morgan fingerprint density at radius 3 is 2.36 bits per heavy atom. The van der Waals surface area contributed by atoms with Gasteiger partial charge in [-0.05, 0) is 42.3 Å². The molecule has 3 aromatic rings. The molecule has 0 spiro atoms. The van der Waals surface area contributed by atoms with Crippen LogP contribution < -0.4 is 4.90 Å². The second-order valence-corrected chi connectivity index (χ2v) is 8.13. The number of carbonyl (C=O) groups excluding carboxylic acids is 4. The van der Waals surface area contributed by atoms with E-state index in [-0.39, 0.29) is 31.9 Å². The van der Waals surface area contributed by atoms with Crippen LogP contribution in [0.4, 0.5) is 5.69 Å². The van der Waals surface area contributed by atoms with E-state index in [4.69, 9.17) is 13.9 Å². The van der Waals surface area contributed by atoms with E-state index in [1.807, 2.05) is 24.3 Å². The minimum Gasteiger partial charge on any atom is -0.465 e. The van der Waals surface area contributed by atoms with E-state index in [2.05, 4.69) is 0 Å². The molecule has 0 N–H and O–H groups in total. The fraction of sp³-hybridized carbons (Fsp3) is 0.259. The highest BCUT2D eigenvalue weighted by atomic mass is 16.5. The molecule has 0 aliphatic carbocycles. The number of anilines is 1. The normalized spacial score (nSPS) is 14.5. The van der Waals surface area contributed by atoms with Crippen LogP contribution in [0.3, 0.4) is 0 Å². The summed E-state index contributed by atoms with van der Waals surface area (Å²) in [6.07, 6.45) is 1.62. The molecule has 1 aromatic heterocycles. The maximum absolute atomic E-state index is 13.2. The third-order valence-corrected chi connectivity index (χ3v) is 5.81. The van der Waals surface area contributed by atoms with E-state index in [9.17, 15) is 19.2 Å². The number of carbonyl (C=O) groups is 4. The fourth-order valence-corrected chi connectivity index (χ4v) is 4.06. The molecule has 2 amide bonds. The van der Waals surface area contributed by atoms with Crippen LogP contribution in [-0.4, -0.2) is 54.5 Å². The molecule has 4 rings (SSSR count). The van der Waals surface area contributed by atoms with Crippen molar-refractivity contribution < 1.29 is 33.1 Å². The summed E-state index contributed by atoms with van der Waals surface area (Å²) in [4.78, 5) is 54.0. The monoisotopic (exact) mass is 490 g/mol. The van der Waals surface area contributed by atoms with Crippen LogP contribution in [0.5, 0.6) is 0 Å². The lowest BCUT2D eigenvalue weighted by atomic mass is 9.93. The molecule has 0 fully saturated rings. The van der Waals surface area contributed by atoms with Crippen molar-refractivity contribution in [1.29, 1.82) is 0 Å². The van der Waals surface area contributed by atoms with Gasteiger partial charge in [0.25, 0.3) is 11.8 Å². The molecule has 0 saturated carbocycles. The van der Waals surface area contributed by atoms with Crippen molar-refractivity contribution >= 4 is 29.4 Å². The van der Waals surface area contributed by atoms with Gasteiger partial charge in [-0.15, -0.1) is 0 Å². The number of esters is 2. The van der Waals surface area contributed by atoms with Gasteiger partial charge in [-0.3, -0.25) is 19.3 Å². The summed E-state index contributed by atoms with van der Waals surface area (Å²) < 4.78 is 15.6. The Balaban J connectivity index is 1.50. The molecule has 2 heterocycles. The Labute approximate surface area is 208 Å². The van der Waals surface area contributed by atoms with Crippen LogP contribution >= 0.6 is 0 Å². The van der Waals surface area contributed by atoms with Crippen molar-refractivity contribution in [1.82, 2.24) is 4.90 Å². The summed E-state index contributed by atoms with van der Waals surface area (Å²) in [7, 11) is 0. The molecule has 0 unspecified atom stereocenters. The van der Waals surface area contributed by atoms with Crippen LogP contribution in [0.15, 0.2) is 77.4 Å². The molecule has 1 aliphatic heterocycles. The number of amides is 2. The predicted molar refractivity (Wildman–Crippen MR) is 129 cm³/mol. The first-order valence-corrected chi connectivity index (χ1v) is 11.6. The lowest BCUT2D eigenvalue weighted by Crippen LogP contribution is -2.50. The quantitative estimate of drug-likeness (QED) is 0.447. The standard InChI is InChI=1S/C27H26N2O7/c1-2-34-25(31)17-28(21-11-4-3-5-12-21)24(30)18-36-27(33)22-15-19-9-6-7-10-20(19)16-29(22)26(32)23-13-8-14-35-23/h3-14,22H,2,15-18H2,1H3/t22-/m0/s1. The van der Waals surface area contributed by atoms with Crippen molar-refractivity contribution in [2.75, 3.05) is 24.7 Å². The van der Waals surface area contributed by atoms with Crippen LogP contribution in [0.25, 0.3) is 0 Å². The second kappa shape index (κ2) is 11.4. The summed E-state index contributed by atoms with van der Waals surface area (Å²) >= 11 is 0. The van der Waals surface area contributed by atoms with Crippen molar-refractivity contribution in [2.24, 2.45) is 0 Å². The zero-order valence-electron chi connectivity index (χ0n) is 19.8. The summed E-state index contributed by atoms with van der Waals surface area (Å²) in [5.74, 6) is -2.24. The number of fused-ring (bicyclic) bond motifs is 1. The minimum absolute atomic E-state index is 0.105. The van der Waals surface area contributed by atoms with Crippen molar-refractivity contribution in [2.45, 2.75) is 25.9 Å². The van der Waals surface area contributed by atoms with E-state index in [1.54, 1.807) is 43.3 Å². The van der Waals surface area contributed by atoms with Gasteiger partial charge in [0.15, 0.2) is 12.4 Å².